The number of carbonyl (C=O) groups excluding carboxylic acids is 1. The summed E-state index contributed by atoms with van der Waals surface area (Å²) in [6.45, 7) is 2.38. The SMILES string of the molecule is Cc1c(C(=O)CN2C3CC4CC2CC(C3)O4)cc(C#CCCC#N)n1-c1ccc(C#N)cc1. The van der Waals surface area contributed by atoms with E-state index in [0.717, 1.165) is 42.8 Å². The van der Waals surface area contributed by atoms with Gasteiger partial charge in [0.1, 0.15) is 0 Å². The summed E-state index contributed by atoms with van der Waals surface area (Å²) in [5, 5.41) is 17.9. The van der Waals surface area contributed by atoms with Gasteiger partial charge in [-0.3, -0.25) is 9.69 Å². The molecule has 0 saturated carbocycles. The Morgan fingerprint density at radius 1 is 1.06 bits per heavy atom. The molecule has 4 aliphatic rings. The second-order valence-corrected chi connectivity index (χ2v) is 9.21. The summed E-state index contributed by atoms with van der Waals surface area (Å²) in [6.07, 6.45) is 5.71. The predicted octanol–water partition coefficient (Wildman–Crippen LogP) is 3.89. The second kappa shape index (κ2) is 8.87. The number of ether oxygens (including phenoxy) is 1. The van der Waals surface area contributed by atoms with Gasteiger partial charge in [-0.1, -0.05) is 5.92 Å². The van der Waals surface area contributed by atoms with Crippen LogP contribution in [-0.4, -0.2) is 46.1 Å². The second-order valence-electron chi connectivity index (χ2n) is 9.21. The topological polar surface area (TPSA) is 82.0 Å². The van der Waals surface area contributed by atoms with E-state index in [2.05, 4.69) is 28.9 Å². The van der Waals surface area contributed by atoms with Crippen molar-refractivity contribution in [3.8, 4) is 29.7 Å². The van der Waals surface area contributed by atoms with Crippen molar-refractivity contribution >= 4 is 5.78 Å². The average Bonchev–Trinajstić information content (AvgIpc) is 3.14. The smallest absolute Gasteiger partial charge is 0.178 e. The molecule has 0 N–H and O–H groups in total. The number of nitrogens with zero attached hydrogens (tertiary/aromatic N) is 4. The molecule has 5 heterocycles. The van der Waals surface area contributed by atoms with E-state index in [-0.39, 0.29) is 5.78 Å². The summed E-state index contributed by atoms with van der Waals surface area (Å²) in [5.74, 6) is 6.34. The fourth-order valence-corrected chi connectivity index (χ4v) is 5.71. The zero-order valence-corrected chi connectivity index (χ0v) is 18.8. The predicted molar refractivity (Wildman–Crippen MR) is 123 cm³/mol. The van der Waals surface area contributed by atoms with Crippen LogP contribution in [0.3, 0.4) is 0 Å². The normalized spacial score (nSPS) is 25.2. The quantitative estimate of drug-likeness (QED) is 0.402. The Bertz CT molecular complexity index is 1190. The molecule has 0 spiro atoms. The van der Waals surface area contributed by atoms with Crippen molar-refractivity contribution in [1.82, 2.24) is 9.47 Å². The minimum absolute atomic E-state index is 0.119. The van der Waals surface area contributed by atoms with Crippen molar-refractivity contribution in [3.05, 3.63) is 52.8 Å². The average molecular weight is 439 g/mol. The van der Waals surface area contributed by atoms with E-state index in [4.69, 9.17) is 15.3 Å². The van der Waals surface area contributed by atoms with Gasteiger partial charge in [-0.2, -0.15) is 10.5 Å². The van der Waals surface area contributed by atoms with Crippen LogP contribution in [-0.2, 0) is 4.74 Å². The minimum atomic E-state index is 0.119. The Kier molecular flexibility index (Phi) is 5.77. The molecule has 4 fully saturated rings. The van der Waals surface area contributed by atoms with Crippen LogP contribution < -0.4 is 0 Å². The lowest BCUT2D eigenvalue weighted by atomic mass is 9.78. The summed E-state index contributed by atoms with van der Waals surface area (Å²) in [5.41, 5.74) is 3.71. The highest BCUT2D eigenvalue weighted by Crippen LogP contribution is 2.42. The van der Waals surface area contributed by atoms with Crippen LogP contribution in [0, 0.1) is 41.4 Å². The Morgan fingerprint density at radius 2 is 1.73 bits per heavy atom. The first-order valence-corrected chi connectivity index (χ1v) is 11.6. The molecule has 4 bridgehead atoms. The zero-order chi connectivity index (χ0) is 22.9. The highest BCUT2D eigenvalue weighted by Gasteiger charge is 2.48. The van der Waals surface area contributed by atoms with E-state index < -0.39 is 0 Å². The highest BCUT2D eigenvalue weighted by atomic mass is 16.5. The number of Topliss-reactive ketones (excluding diaryl/α,β-unsaturated/α-hetero) is 1. The minimum Gasteiger partial charge on any atom is -0.375 e. The lowest BCUT2D eigenvalue weighted by molar-refractivity contribution is -0.179. The van der Waals surface area contributed by atoms with E-state index in [0.29, 0.717) is 54.8 Å². The Hall–Kier alpha value is -3.37. The number of hydrogen-bond donors (Lipinski definition) is 0. The van der Waals surface area contributed by atoms with Crippen LogP contribution in [0.25, 0.3) is 5.69 Å². The number of piperidine rings is 2. The first kappa shape index (κ1) is 21.5. The maximum Gasteiger partial charge on any atom is 0.178 e. The number of benzene rings is 1. The monoisotopic (exact) mass is 438 g/mol. The van der Waals surface area contributed by atoms with Crippen molar-refractivity contribution in [2.24, 2.45) is 0 Å². The first-order valence-electron chi connectivity index (χ1n) is 11.6. The molecule has 0 unspecified atom stereocenters. The molecule has 4 saturated heterocycles. The van der Waals surface area contributed by atoms with Crippen LogP contribution in [0.1, 0.15) is 65.8 Å². The Labute approximate surface area is 194 Å². The molecule has 6 nitrogen and oxygen atoms in total. The first-order chi connectivity index (χ1) is 16.1. The largest absolute Gasteiger partial charge is 0.375 e. The zero-order valence-electron chi connectivity index (χ0n) is 18.8. The summed E-state index contributed by atoms with van der Waals surface area (Å²) in [6, 6.07) is 14.3. The Morgan fingerprint density at radius 3 is 2.33 bits per heavy atom. The number of rotatable bonds is 5. The van der Waals surface area contributed by atoms with Gasteiger partial charge in [0.15, 0.2) is 5.78 Å². The fourth-order valence-electron chi connectivity index (χ4n) is 5.71. The summed E-state index contributed by atoms with van der Waals surface area (Å²) in [7, 11) is 0. The van der Waals surface area contributed by atoms with Crippen molar-refractivity contribution in [2.45, 2.75) is 69.7 Å². The summed E-state index contributed by atoms with van der Waals surface area (Å²) < 4.78 is 8.03. The number of ketones is 1. The molecule has 1 aromatic carbocycles. The fraction of sp³-hybridized carbons (Fsp3) is 0.444. The maximum absolute atomic E-state index is 13.5. The lowest BCUT2D eigenvalue weighted by Crippen LogP contribution is -2.63. The third kappa shape index (κ3) is 4.07. The van der Waals surface area contributed by atoms with E-state index in [1.807, 2.05) is 29.7 Å². The molecular formula is C27H26N4O2. The van der Waals surface area contributed by atoms with Gasteiger partial charge < -0.3 is 9.30 Å². The maximum atomic E-state index is 13.5. The van der Waals surface area contributed by atoms with Gasteiger partial charge in [0.05, 0.1) is 42.1 Å². The highest BCUT2D eigenvalue weighted by molar-refractivity contribution is 5.99. The number of carbonyl (C=O) groups is 1. The molecule has 4 aliphatic heterocycles. The van der Waals surface area contributed by atoms with Crippen LogP contribution in [0.15, 0.2) is 30.3 Å². The molecule has 1 aromatic heterocycles. The van der Waals surface area contributed by atoms with Crippen LogP contribution in [0.4, 0.5) is 0 Å². The van der Waals surface area contributed by atoms with Crippen molar-refractivity contribution in [2.75, 3.05) is 6.54 Å². The van der Waals surface area contributed by atoms with E-state index in [1.54, 1.807) is 12.1 Å². The van der Waals surface area contributed by atoms with Gasteiger partial charge in [-0.05, 0) is 68.9 Å². The Balaban J connectivity index is 1.45. The summed E-state index contributed by atoms with van der Waals surface area (Å²) in [4.78, 5) is 15.9. The van der Waals surface area contributed by atoms with Gasteiger partial charge in [0.25, 0.3) is 0 Å². The van der Waals surface area contributed by atoms with Crippen LogP contribution in [0.2, 0.25) is 0 Å². The van der Waals surface area contributed by atoms with E-state index >= 15 is 0 Å². The van der Waals surface area contributed by atoms with Gasteiger partial charge >= 0.3 is 0 Å². The van der Waals surface area contributed by atoms with E-state index in [9.17, 15) is 4.79 Å². The van der Waals surface area contributed by atoms with Gasteiger partial charge in [-0.15, -0.1) is 0 Å². The van der Waals surface area contributed by atoms with Crippen LogP contribution >= 0.6 is 0 Å². The molecule has 6 rings (SSSR count). The summed E-state index contributed by atoms with van der Waals surface area (Å²) >= 11 is 0. The third-order valence-corrected chi connectivity index (χ3v) is 7.17. The number of aromatic nitrogens is 1. The van der Waals surface area contributed by atoms with Crippen molar-refractivity contribution in [3.63, 3.8) is 0 Å². The lowest BCUT2D eigenvalue weighted by Gasteiger charge is -2.56. The molecule has 33 heavy (non-hydrogen) atoms. The van der Waals surface area contributed by atoms with Gasteiger partial charge in [0, 0.05) is 41.9 Å². The molecule has 0 radical (unpaired) electrons. The van der Waals surface area contributed by atoms with E-state index in [1.165, 1.54) is 0 Å². The number of nitriles is 2. The molecule has 2 aromatic rings. The molecule has 0 amide bonds. The number of unbranched alkanes of at least 4 members (excludes halogenated alkanes) is 1. The van der Waals surface area contributed by atoms with Gasteiger partial charge in [0.2, 0.25) is 0 Å². The molecule has 166 valence electrons. The molecular weight excluding hydrogens is 412 g/mol. The third-order valence-electron chi connectivity index (χ3n) is 7.17. The molecule has 0 aliphatic carbocycles. The van der Waals surface area contributed by atoms with Crippen LogP contribution in [0.5, 0.6) is 0 Å². The van der Waals surface area contributed by atoms with Crippen molar-refractivity contribution < 1.29 is 9.53 Å². The standard InChI is InChI=1S/C27H26N4O2/c1-18-26(27(32)17-30-22-11-24-13-23(30)14-25(12-22)33-24)15-21(5-3-2-4-10-28)31(18)20-8-6-19(16-29)7-9-20/h6-9,15,22-25H,2,4,11-14,17H2,1H3. The van der Waals surface area contributed by atoms with Gasteiger partial charge in [-0.25, -0.2) is 0 Å². The van der Waals surface area contributed by atoms with Crippen molar-refractivity contribution in [1.29, 1.82) is 10.5 Å². The molecule has 0 atom stereocenters. The molecule has 6 heteroatoms. The number of hydrogen-bond acceptors (Lipinski definition) is 5.